The number of morpholine rings is 1. The first kappa shape index (κ1) is 11.7. The minimum atomic E-state index is -0.225. The summed E-state index contributed by atoms with van der Waals surface area (Å²) in [5, 5.41) is 0. The molecule has 1 atom stereocenters. The van der Waals surface area contributed by atoms with E-state index in [4.69, 9.17) is 4.74 Å². The summed E-state index contributed by atoms with van der Waals surface area (Å²) in [7, 11) is 0. The Labute approximate surface area is 86.4 Å². The van der Waals surface area contributed by atoms with Crippen LogP contribution in [-0.2, 0) is 9.53 Å². The van der Waals surface area contributed by atoms with Crippen molar-refractivity contribution in [2.75, 3.05) is 26.2 Å². The number of carbonyl (C=O) groups excluding carboxylic acids is 1. The second-order valence-corrected chi connectivity index (χ2v) is 4.86. The zero-order valence-electron chi connectivity index (χ0n) is 9.67. The van der Waals surface area contributed by atoms with E-state index in [0.717, 1.165) is 26.2 Å². The van der Waals surface area contributed by atoms with E-state index < -0.39 is 0 Å². The number of hydrogen-bond donors (Lipinski definition) is 0. The molecule has 0 saturated carbocycles. The van der Waals surface area contributed by atoms with Crippen molar-refractivity contribution in [3.05, 3.63) is 0 Å². The fraction of sp³-hybridized carbons (Fsp3) is 0.909. The Morgan fingerprint density at radius 3 is 2.71 bits per heavy atom. The Kier molecular flexibility index (Phi) is 3.67. The fourth-order valence-electron chi connectivity index (χ4n) is 1.70. The smallest absolute Gasteiger partial charge is 0.136 e. The maximum atomic E-state index is 11.4. The molecule has 0 aliphatic carbocycles. The summed E-state index contributed by atoms with van der Waals surface area (Å²) in [4.78, 5) is 13.7. The number of rotatable bonds is 3. The first-order valence-corrected chi connectivity index (χ1v) is 5.27. The average molecular weight is 199 g/mol. The molecule has 0 aromatic carbocycles. The fourth-order valence-corrected chi connectivity index (χ4v) is 1.70. The summed E-state index contributed by atoms with van der Waals surface area (Å²) >= 11 is 0. The van der Waals surface area contributed by atoms with Crippen LogP contribution in [-0.4, -0.2) is 43.0 Å². The van der Waals surface area contributed by atoms with Gasteiger partial charge >= 0.3 is 0 Å². The van der Waals surface area contributed by atoms with Gasteiger partial charge in [0.15, 0.2) is 0 Å². The van der Waals surface area contributed by atoms with Crippen LogP contribution in [0.15, 0.2) is 0 Å². The molecule has 1 unspecified atom stereocenters. The lowest BCUT2D eigenvalue weighted by atomic mass is 9.88. The predicted molar refractivity (Wildman–Crippen MR) is 56.3 cm³/mol. The molecular formula is C11H21NO2. The highest BCUT2D eigenvalue weighted by atomic mass is 16.5. The Morgan fingerprint density at radius 2 is 2.21 bits per heavy atom. The van der Waals surface area contributed by atoms with Crippen LogP contribution in [0, 0.1) is 5.41 Å². The van der Waals surface area contributed by atoms with Crippen LogP contribution >= 0.6 is 0 Å². The lowest BCUT2D eigenvalue weighted by Crippen LogP contribution is -2.46. The van der Waals surface area contributed by atoms with Gasteiger partial charge in [-0.05, 0) is 13.8 Å². The summed E-state index contributed by atoms with van der Waals surface area (Å²) < 4.78 is 5.46. The highest BCUT2D eigenvalue weighted by molar-refractivity contribution is 5.81. The molecule has 1 heterocycles. The molecule has 82 valence electrons. The van der Waals surface area contributed by atoms with E-state index in [1.54, 1.807) is 6.92 Å². The summed E-state index contributed by atoms with van der Waals surface area (Å²) in [6.45, 7) is 11.3. The van der Waals surface area contributed by atoms with Crippen LogP contribution in [0.25, 0.3) is 0 Å². The molecule has 1 fully saturated rings. The third kappa shape index (κ3) is 3.07. The summed E-state index contributed by atoms with van der Waals surface area (Å²) in [6, 6.07) is 0. The highest BCUT2D eigenvalue weighted by Crippen LogP contribution is 2.19. The third-order valence-electron chi connectivity index (χ3n) is 2.90. The number of carbonyl (C=O) groups is 1. The number of ether oxygens (including phenoxy) is 1. The van der Waals surface area contributed by atoms with E-state index in [1.165, 1.54) is 0 Å². The topological polar surface area (TPSA) is 29.5 Å². The van der Waals surface area contributed by atoms with Crippen molar-refractivity contribution >= 4 is 5.78 Å². The van der Waals surface area contributed by atoms with Crippen molar-refractivity contribution in [1.82, 2.24) is 4.90 Å². The highest BCUT2D eigenvalue weighted by Gasteiger charge is 2.28. The van der Waals surface area contributed by atoms with Gasteiger partial charge in [-0.2, -0.15) is 0 Å². The molecule has 0 radical (unpaired) electrons. The predicted octanol–water partition coefficient (Wildman–Crippen LogP) is 1.32. The van der Waals surface area contributed by atoms with Gasteiger partial charge < -0.3 is 4.74 Å². The van der Waals surface area contributed by atoms with E-state index >= 15 is 0 Å². The number of Topliss-reactive ketones (excluding diaryl/α,β-unsaturated/α-hetero) is 1. The molecule has 1 aliphatic rings. The van der Waals surface area contributed by atoms with Crippen molar-refractivity contribution in [1.29, 1.82) is 0 Å². The maximum Gasteiger partial charge on any atom is 0.136 e. The standard InChI is InChI=1S/C11H21NO2/c1-9-7-12(5-6-14-9)8-11(3,4)10(2)13/h9H,5-8H2,1-4H3. The van der Waals surface area contributed by atoms with Gasteiger partial charge in [-0.3, -0.25) is 9.69 Å². The molecule has 1 saturated heterocycles. The largest absolute Gasteiger partial charge is 0.376 e. The van der Waals surface area contributed by atoms with Crippen molar-refractivity contribution < 1.29 is 9.53 Å². The van der Waals surface area contributed by atoms with Crippen LogP contribution in [0.3, 0.4) is 0 Å². The monoisotopic (exact) mass is 199 g/mol. The molecule has 0 spiro atoms. The van der Waals surface area contributed by atoms with Crippen LogP contribution in [0.2, 0.25) is 0 Å². The second-order valence-electron chi connectivity index (χ2n) is 4.86. The Bertz CT molecular complexity index is 213. The quantitative estimate of drug-likeness (QED) is 0.686. The van der Waals surface area contributed by atoms with Gasteiger partial charge in [-0.25, -0.2) is 0 Å². The Morgan fingerprint density at radius 1 is 1.57 bits per heavy atom. The van der Waals surface area contributed by atoms with E-state index in [0.29, 0.717) is 6.10 Å². The summed E-state index contributed by atoms with van der Waals surface area (Å²) in [5.41, 5.74) is -0.225. The van der Waals surface area contributed by atoms with Crippen LogP contribution in [0.1, 0.15) is 27.7 Å². The van der Waals surface area contributed by atoms with Crippen LogP contribution in [0.5, 0.6) is 0 Å². The lowest BCUT2D eigenvalue weighted by molar-refractivity contribution is -0.127. The van der Waals surface area contributed by atoms with E-state index in [2.05, 4.69) is 11.8 Å². The van der Waals surface area contributed by atoms with Gasteiger partial charge in [0.05, 0.1) is 12.7 Å². The van der Waals surface area contributed by atoms with Gasteiger partial charge in [-0.15, -0.1) is 0 Å². The molecule has 0 aromatic heterocycles. The molecule has 14 heavy (non-hydrogen) atoms. The SMILES string of the molecule is CC(=O)C(C)(C)CN1CCOC(C)C1. The van der Waals surface area contributed by atoms with Gasteiger partial charge in [0.1, 0.15) is 5.78 Å². The van der Waals surface area contributed by atoms with Crippen molar-refractivity contribution in [2.24, 2.45) is 5.41 Å². The van der Waals surface area contributed by atoms with Gasteiger partial charge in [0.25, 0.3) is 0 Å². The molecule has 0 bridgehead atoms. The van der Waals surface area contributed by atoms with E-state index in [-0.39, 0.29) is 11.2 Å². The molecule has 3 nitrogen and oxygen atoms in total. The average Bonchev–Trinajstić information content (AvgIpc) is 2.02. The molecule has 0 amide bonds. The number of hydrogen-bond acceptors (Lipinski definition) is 3. The van der Waals surface area contributed by atoms with Crippen LogP contribution in [0.4, 0.5) is 0 Å². The third-order valence-corrected chi connectivity index (χ3v) is 2.90. The Balaban J connectivity index is 2.47. The van der Waals surface area contributed by atoms with Crippen LogP contribution < -0.4 is 0 Å². The van der Waals surface area contributed by atoms with Gasteiger partial charge in [0.2, 0.25) is 0 Å². The maximum absolute atomic E-state index is 11.4. The zero-order valence-corrected chi connectivity index (χ0v) is 9.67. The first-order valence-electron chi connectivity index (χ1n) is 5.27. The number of ketones is 1. The first-order chi connectivity index (χ1) is 6.42. The normalized spacial score (nSPS) is 25.0. The Hall–Kier alpha value is -0.410. The molecule has 3 heteroatoms. The second kappa shape index (κ2) is 4.41. The van der Waals surface area contributed by atoms with Crippen molar-refractivity contribution in [2.45, 2.75) is 33.8 Å². The zero-order chi connectivity index (χ0) is 10.8. The van der Waals surface area contributed by atoms with Crippen molar-refractivity contribution in [3.63, 3.8) is 0 Å². The number of nitrogens with zero attached hydrogens (tertiary/aromatic N) is 1. The molecule has 0 aromatic rings. The summed E-state index contributed by atoms with van der Waals surface area (Å²) in [6.07, 6.45) is 0.298. The van der Waals surface area contributed by atoms with E-state index in [1.807, 2.05) is 13.8 Å². The van der Waals surface area contributed by atoms with Gasteiger partial charge in [0, 0.05) is 25.0 Å². The minimum absolute atomic E-state index is 0.225. The van der Waals surface area contributed by atoms with E-state index in [9.17, 15) is 4.79 Å². The molecule has 1 aliphatic heterocycles. The molecule has 0 N–H and O–H groups in total. The summed E-state index contributed by atoms with van der Waals surface area (Å²) in [5.74, 6) is 0.261. The van der Waals surface area contributed by atoms with Gasteiger partial charge in [-0.1, -0.05) is 13.8 Å². The van der Waals surface area contributed by atoms with Crippen molar-refractivity contribution in [3.8, 4) is 0 Å². The molecule has 1 rings (SSSR count). The lowest BCUT2D eigenvalue weighted by Gasteiger charge is -2.35. The molecular weight excluding hydrogens is 178 g/mol. The minimum Gasteiger partial charge on any atom is -0.376 e.